The molecule has 0 saturated carbocycles. The highest BCUT2D eigenvalue weighted by Gasteiger charge is 2.23. The van der Waals surface area contributed by atoms with Crippen LogP contribution in [0.25, 0.3) is 270 Å². The Morgan fingerprint density at radius 3 is 0.674 bits per heavy atom. The van der Waals surface area contributed by atoms with Gasteiger partial charge in [-0.3, -0.25) is 15.0 Å². The summed E-state index contributed by atoms with van der Waals surface area (Å²) in [6.07, 6.45) is 5.75. The van der Waals surface area contributed by atoms with Gasteiger partial charge in [-0.05, 0) is 191 Å². The Kier molecular flexibility index (Phi) is 19.8. The standard InChI is InChI=1S/2C46H29N3.C40H25N3/c1-3-12-30(13-4-1)32-22-24-43-40(27-32)41-28-33(31-14-5-2-6-15-31)23-25-44(41)49(43)35-17-11-16-34(26-35)42-29-47-45-38-20-9-7-18-36(38)37-19-8-10-21-39(37)46(45)48-42;1-3-11-30(12-4-1)33-21-25-43-40(27-33)41-28-34(31-13-5-2-6-14-31)22-26-44(41)49(43)35-23-19-32(20-24-35)42-29-47-45-38-17-9-7-15-36(38)37-16-8-10-18-39(37)46(45)48-42;1-3-19-34-30(15-1)31-16-2-4-20-35(31)40-39(34)41-25-36(42-40)28-13-9-11-26(23-28)27-12-10-14-29(24-27)43-37-21-7-5-17-32(37)33-18-6-8-22-38(33)43/h2*1-29H;1-25H. The van der Waals surface area contributed by atoms with Crippen LogP contribution in [0.1, 0.15) is 0 Å². The van der Waals surface area contributed by atoms with E-state index < -0.39 is 0 Å². The highest BCUT2D eigenvalue weighted by Crippen LogP contribution is 2.45. The van der Waals surface area contributed by atoms with Crippen LogP contribution in [-0.2, 0) is 0 Å². The summed E-state index contributed by atoms with van der Waals surface area (Å²) in [5.74, 6) is 0. The normalized spacial score (nSPS) is 11.7. The second-order valence-corrected chi connectivity index (χ2v) is 36.3. The topological polar surface area (TPSA) is 92.1 Å². The van der Waals surface area contributed by atoms with Gasteiger partial charge in [-0.2, -0.15) is 0 Å². The number of rotatable bonds is 11. The predicted octanol–water partition coefficient (Wildman–Crippen LogP) is 34.4. The van der Waals surface area contributed by atoms with Crippen molar-refractivity contribution in [3.8, 4) is 106 Å². The van der Waals surface area contributed by atoms with Crippen molar-refractivity contribution < 1.29 is 0 Å². The van der Waals surface area contributed by atoms with Crippen LogP contribution in [0.15, 0.2) is 504 Å². The first-order valence-corrected chi connectivity index (χ1v) is 47.9. The molecule has 0 aliphatic rings. The van der Waals surface area contributed by atoms with Gasteiger partial charge in [0, 0.05) is 98.4 Å². The molecule has 0 bridgehead atoms. The molecular formula is C132H83N9. The van der Waals surface area contributed by atoms with Gasteiger partial charge in [0.15, 0.2) is 0 Å². The molecule has 6 heterocycles. The molecule has 0 fully saturated rings. The summed E-state index contributed by atoms with van der Waals surface area (Å²) in [5, 5.41) is 21.4. The molecule has 656 valence electrons. The van der Waals surface area contributed by atoms with E-state index in [0.717, 1.165) is 127 Å². The largest absolute Gasteiger partial charge is 0.309 e. The van der Waals surface area contributed by atoms with Crippen LogP contribution in [0.3, 0.4) is 0 Å². The maximum Gasteiger partial charge on any atom is 0.0979 e. The average Bonchev–Trinajstić information content (AvgIpc) is 1.52. The van der Waals surface area contributed by atoms with Crippen LogP contribution < -0.4 is 0 Å². The Labute approximate surface area is 811 Å². The minimum Gasteiger partial charge on any atom is -0.309 e. The molecule has 29 aromatic rings. The molecule has 6 aromatic heterocycles. The van der Waals surface area contributed by atoms with E-state index in [0.29, 0.717) is 0 Å². The molecule has 141 heavy (non-hydrogen) atoms. The first-order valence-electron chi connectivity index (χ1n) is 47.9. The fraction of sp³-hybridized carbons (Fsp3) is 0. The summed E-state index contributed by atoms with van der Waals surface area (Å²) >= 11 is 0. The second kappa shape index (κ2) is 34.1. The Hall–Kier alpha value is -19.0. The number of hydrogen-bond acceptors (Lipinski definition) is 6. The number of aromatic nitrogens is 9. The first kappa shape index (κ1) is 81.6. The van der Waals surface area contributed by atoms with Crippen LogP contribution >= 0.6 is 0 Å². The van der Waals surface area contributed by atoms with E-state index in [9.17, 15) is 0 Å². The Balaban J connectivity index is 0.000000106. The molecule has 0 unspecified atom stereocenters. The summed E-state index contributed by atoms with van der Waals surface area (Å²) in [5.41, 5.74) is 33.7. The highest BCUT2D eigenvalue weighted by atomic mass is 15.0. The van der Waals surface area contributed by atoms with Gasteiger partial charge in [0.25, 0.3) is 0 Å². The molecular weight excluding hydrogens is 1710 g/mol. The fourth-order valence-corrected chi connectivity index (χ4v) is 21.6. The smallest absolute Gasteiger partial charge is 0.0979 e. The van der Waals surface area contributed by atoms with Crippen LogP contribution in [0.5, 0.6) is 0 Å². The third-order valence-electron chi connectivity index (χ3n) is 28.2. The molecule has 29 rings (SSSR count). The molecule has 9 heteroatoms. The minimum atomic E-state index is 0.855. The van der Waals surface area contributed by atoms with E-state index in [1.165, 1.54) is 142 Å². The van der Waals surface area contributed by atoms with Crippen molar-refractivity contribution >= 4 is 163 Å². The van der Waals surface area contributed by atoms with Crippen LogP contribution in [0.2, 0.25) is 0 Å². The zero-order valence-corrected chi connectivity index (χ0v) is 76.4. The average molecular weight is 1800 g/mol. The van der Waals surface area contributed by atoms with Gasteiger partial charge in [0.05, 0.1) is 102 Å². The zero-order valence-electron chi connectivity index (χ0n) is 76.4. The Bertz CT molecular complexity index is 9720. The molecule has 9 nitrogen and oxygen atoms in total. The Morgan fingerprint density at radius 2 is 0.340 bits per heavy atom. The van der Waals surface area contributed by atoms with Crippen molar-refractivity contribution in [1.82, 2.24) is 43.6 Å². The number of nitrogens with zero attached hydrogens (tertiary/aromatic N) is 9. The number of benzene rings is 23. The molecule has 0 spiro atoms. The third-order valence-corrected chi connectivity index (χ3v) is 28.2. The molecule has 0 N–H and O–H groups in total. The van der Waals surface area contributed by atoms with Crippen LogP contribution in [0.4, 0.5) is 0 Å². The monoisotopic (exact) mass is 1790 g/mol. The lowest BCUT2D eigenvalue weighted by atomic mass is 9.99. The third kappa shape index (κ3) is 14.2. The minimum absolute atomic E-state index is 0.855. The van der Waals surface area contributed by atoms with Crippen molar-refractivity contribution in [3.05, 3.63) is 504 Å². The number of hydrogen-bond donors (Lipinski definition) is 0. The lowest BCUT2D eigenvalue weighted by Gasteiger charge is -2.12. The van der Waals surface area contributed by atoms with Gasteiger partial charge < -0.3 is 13.7 Å². The molecule has 0 amide bonds. The summed E-state index contributed by atoms with van der Waals surface area (Å²) in [6.45, 7) is 0. The summed E-state index contributed by atoms with van der Waals surface area (Å²) in [7, 11) is 0. The molecule has 0 aliphatic carbocycles. The summed E-state index contributed by atoms with van der Waals surface area (Å²) in [6, 6.07) is 173. The van der Waals surface area contributed by atoms with E-state index in [-0.39, 0.29) is 0 Å². The number of para-hydroxylation sites is 2. The lowest BCUT2D eigenvalue weighted by Crippen LogP contribution is -1.96. The van der Waals surface area contributed by atoms with E-state index in [4.69, 9.17) is 29.9 Å². The molecule has 23 aromatic carbocycles. The first-order chi connectivity index (χ1) is 69.9. The summed E-state index contributed by atoms with van der Waals surface area (Å²) < 4.78 is 7.13. The van der Waals surface area contributed by atoms with Gasteiger partial charge >= 0.3 is 0 Å². The SMILES string of the molecule is c1cc(-c2cccc(-n3c4ccccc4c4ccccc43)c2)cc(-c2cnc3c4ccccc4c4ccccc4c3n2)c1.c1ccc(-c2ccc3c(c2)c2cc(-c4ccccc4)ccc2n3-c2ccc(-c3cnc4c5ccccc5c5ccccc5c4n3)cc2)cc1.c1ccc(-c2ccc3c(c2)c2cc(-c4ccccc4)ccc2n3-c2cccc(-c3cnc4c5ccccc5c5ccccc5c4n3)c2)cc1. The van der Waals surface area contributed by atoms with Gasteiger partial charge in [-0.15, -0.1) is 0 Å². The molecule has 0 atom stereocenters. The van der Waals surface area contributed by atoms with Gasteiger partial charge in [0.2, 0.25) is 0 Å². The van der Waals surface area contributed by atoms with E-state index in [2.05, 4.69) is 499 Å². The molecule has 0 saturated heterocycles. The van der Waals surface area contributed by atoms with Crippen molar-refractivity contribution in [2.24, 2.45) is 0 Å². The lowest BCUT2D eigenvalue weighted by molar-refractivity contribution is 1.18. The second-order valence-electron chi connectivity index (χ2n) is 36.3. The van der Waals surface area contributed by atoms with Gasteiger partial charge in [-0.25, -0.2) is 15.0 Å². The van der Waals surface area contributed by atoms with E-state index in [1.54, 1.807) is 0 Å². The maximum absolute atomic E-state index is 5.29. The predicted molar refractivity (Wildman–Crippen MR) is 590 cm³/mol. The van der Waals surface area contributed by atoms with Gasteiger partial charge in [0.1, 0.15) is 0 Å². The zero-order chi connectivity index (χ0) is 93.0. The molecule has 0 aliphatic heterocycles. The van der Waals surface area contributed by atoms with Crippen molar-refractivity contribution in [1.29, 1.82) is 0 Å². The van der Waals surface area contributed by atoms with Crippen molar-refractivity contribution in [3.63, 3.8) is 0 Å². The van der Waals surface area contributed by atoms with E-state index in [1.807, 2.05) is 18.6 Å². The van der Waals surface area contributed by atoms with Crippen LogP contribution in [-0.4, -0.2) is 43.6 Å². The fourth-order valence-electron chi connectivity index (χ4n) is 21.6. The van der Waals surface area contributed by atoms with Crippen molar-refractivity contribution in [2.75, 3.05) is 0 Å². The van der Waals surface area contributed by atoms with Crippen molar-refractivity contribution in [2.45, 2.75) is 0 Å². The van der Waals surface area contributed by atoms with Gasteiger partial charge in [-0.1, -0.05) is 382 Å². The van der Waals surface area contributed by atoms with Crippen LogP contribution in [0, 0.1) is 0 Å². The number of fused-ring (bicyclic) bond motifs is 27. The molecule has 0 radical (unpaired) electrons. The Morgan fingerprint density at radius 1 is 0.121 bits per heavy atom. The maximum atomic E-state index is 5.29. The quantitative estimate of drug-likeness (QED) is 0.120. The van der Waals surface area contributed by atoms with E-state index >= 15 is 0 Å². The highest BCUT2D eigenvalue weighted by molar-refractivity contribution is 6.26. The summed E-state index contributed by atoms with van der Waals surface area (Å²) in [4.78, 5) is 30.7.